The minimum absolute atomic E-state index is 1.04. The van der Waals surface area contributed by atoms with Crippen LogP contribution in [0.25, 0.3) is 0 Å². The zero-order chi connectivity index (χ0) is 11.7. The van der Waals surface area contributed by atoms with Crippen molar-refractivity contribution in [3.63, 3.8) is 0 Å². The fraction of sp³-hybridized carbons (Fsp3) is 0.714. The van der Waals surface area contributed by atoms with Crippen molar-refractivity contribution in [2.75, 3.05) is 0 Å². The lowest BCUT2D eigenvalue weighted by Gasteiger charge is -2.03. The molecule has 0 aliphatic rings. The maximum Gasteiger partial charge on any atom is 0.129 e. The van der Waals surface area contributed by atoms with Crippen LogP contribution in [-0.2, 0) is 0 Å². The van der Waals surface area contributed by atoms with Gasteiger partial charge in [-0.15, -0.1) is 11.5 Å². The van der Waals surface area contributed by atoms with Crippen LogP contribution in [-0.4, -0.2) is 8.07 Å². The lowest BCUT2D eigenvalue weighted by molar-refractivity contribution is 0.805. The molecule has 0 aromatic rings. The molecule has 0 heterocycles. The Labute approximate surface area is 97.2 Å². The van der Waals surface area contributed by atoms with Gasteiger partial charge < -0.3 is 0 Å². The molecule has 0 unspecified atom stereocenters. The van der Waals surface area contributed by atoms with Crippen molar-refractivity contribution >= 4 is 8.07 Å². The first-order valence-electron chi connectivity index (χ1n) is 6.11. The summed E-state index contributed by atoms with van der Waals surface area (Å²) in [7, 11) is -1.14. The third kappa shape index (κ3) is 11.4. The van der Waals surface area contributed by atoms with Gasteiger partial charge in [-0.2, -0.15) is 0 Å². The number of unbranched alkanes of at least 4 members (excludes halogenated alkanes) is 2. The van der Waals surface area contributed by atoms with E-state index < -0.39 is 8.07 Å². The van der Waals surface area contributed by atoms with Gasteiger partial charge in [-0.3, -0.25) is 0 Å². The van der Waals surface area contributed by atoms with Gasteiger partial charge in [0, 0.05) is 6.42 Å². The predicted octanol–water partition coefficient (Wildman–Crippen LogP) is 4.78. The lowest BCUT2D eigenvalue weighted by Crippen LogP contribution is -2.16. The highest BCUT2D eigenvalue weighted by Crippen LogP contribution is 2.07. The predicted molar refractivity (Wildman–Crippen MR) is 73.6 cm³/mol. The molecule has 0 radical (unpaired) electrons. The molecule has 0 saturated heterocycles. The monoisotopic (exact) mass is 222 g/mol. The van der Waals surface area contributed by atoms with Crippen molar-refractivity contribution in [3.8, 4) is 11.5 Å². The van der Waals surface area contributed by atoms with Crippen molar-refractivity contribution in [2.24, 2.45) is 0 Å². The van der Waals surface area contributed by atoms with Gasteiger partial charge in [0.25, 0.3) is 0 Å². The van der Waals surface area contributed by atoms with E-state index in [1.54, 1.807) is 0 Å². The zero-order valence-corrected chi connectivity index (χ0v) is 12.1. The maximum absolute atomic E-state index is 3.41. The fourth-order valence-corrected chi connectivity index (χ4v) is 1.90. The molecule has 0 spiro atoms. The van der Waals surface area contributed by atoms with Gasteiger partial charge in [0.15, 0.2) is 0 Å². The molecule has 0 saturated carbocycles. The SMILES string of the molecule is CCCC/C=C(\C)CCC#C[Si](C)(C)C. The van der Waals surface area contributed by atoms with Crippen LogP contribution in [0.15, 0.2) is 11.6 Å². The van der Waals surface area contributed by atoms with Gasteiger partial charge in [-0.25, -0.2) is 0 Å². The summed E-state index contributed by atoms with van der Waals surface area (Å²) in [5.74, 6) is 3.32. The Kier molecular flexibility index (Phi) is 7.51. The van der Waals surface area contributed by atoms with Gasteiger partial charge in [-0.1, -0.05) is 51.1 Å². The van der Waals surface area contributed by atoms with E-state index in [0.717, 1.165) is 12.8 Å². The van der Waals surface area contributed by atoms with Gasteiger partial charge in [-0.05, 0) is 19.8 Å². The first-order chi connectivity index (χ1) is 6.95. The van der Waals surface area contributed by atoms with E-state index in [2.05, 4.69) is 51.0 Å². The van der Waals surface area contributed by atoms with Crippen LogP contribution in [0.1, 0.15) is 46.0 Å². The van der Waals surface area contributed by atoms with E-state index in [-0.39, 0.29) is 0 Å². The number of allylic oxidation sites excluding steroid dienone is 2. The first kappa shape index (κ1) is 14.5. The summed E-state index contributed by atoms with van der Waals surface area (Å²) < 4.78 is 0. The summed E-state index contributed by atoms with van der Waals surface area (Å²) in [5, 5.41) is 0. The Morgan fingerprint density at radius 3 is 2.47 bits per heavy atom. The Morgan fingerprint density at radius 2 is 1.93 bits per heavy atom. The van der Waals surface area contributed by atoms with Crippen molar-refractivity contribution in [3.05, 3.63) is 11.6 Å². The molecule has 0 aromatic carbocycles. The minimum atomic E-state index is -1.14. The minimum Gasteiger partial charge on any atom is -0.132 e. The topological polar surface area (TPSA) is 0 Å². The van der Waals surface area contributed by atoms with Crippen molar-refractivity contribution in [1.29, 1.82) is 0 Å². The molecule has 86 valence electrons. The largest absolute Gasteiger partial charge is 0.132 e. The molecule has 0 atom stereocenters. The van der Waals surface area contributed by atoms with Crippen molar-refractivity contribution in [1.82, 2.24) is 0 Å². The second kappa shape index (κ2) is 7.76. The quantitative estimate of drug-likeness (QED) is 0.272. The molecule has 0 fully saturated rings. The van der Waals surface area contributed by atoms with Crippen molar-refractivity contribution < 1.29 is 0 Å². The van der Waals surface area contributed by atoms with Gasteiger partial charge in [0.05, 0.1) is 0 Å². The normalized spacial score (nSPS) is 12.2. The maximum atomic E-state index is 3.41. The van der Waals surface area contributed by atoms with E-state index in [4.69, 9.17) is 0 Å². The molecule has 1 heteroatoms. The Morgan fingerprint density at radius 1 is 1.27 bits per heavy atom. The summed E-state index contributed by atoms with van der Waals surface area (Å²) in [6.07, 6.45) is 8.42. The highest BCUT2D eigenvalue weighted by Gasteiger charge is 2.06. The molecule has 15 heavy (non-hydrogen) atoms. The standard InChI is InChI=1S/C14H26Si/c1-6-7-8-11-14(2)12-9-10-13-15(3,4)5/h11H,6-9,12H2,1-5H3/b14-11+. The van der Waals surface area contributed by atoms with Crippen LogP contribution in [0.4, 0.5) is 0 Å². The van der Waals surface area contributed by atoms with Crippen LogP contribution in [0.5, 0.6) is 0 Å². The molecule has 0 rings (SSSR count). The lowest BCUT2D eigenvalue weighted by atomic mass is 10.1. The van der Waals surface area contributed by atoms with Gasteiger partial charge in [0.2, 0.25) is 0 Å². The van der Waals surface area contributed by atoms with E-state index in [1.807, 2.05) is 0 Å². The Hall–Kier alpha value is -0.483. The first-order valence-corrected chi connectivity index (χ1v) is 9.61. The van der Waals surface area contributed by atoms with E-state index in [0.29, 0.717) is 0 Å². The molecule has 0 amide bonds. The molecule has 0 bridgehead atoms. The molecular formula is C14H26Si. The molecule has 0 N–H and O–H groups in total. The average Bonchev–Trinajstić information content (AvgIpc) is 2.11. The summed E-state index contributed by atoms with van der Waals surface area (Å²) in [6, 6.07) is 0. The van der Waals surface area contributed by atoms with Crippen LogP contribution in [0.3, 0.4) is 0 Å². The summed E-state index contributed by atoms with van der Waals surface area (Å²) >= 11 is 0. The van der Waals surface area contributed by atoms with E-state index in [9.17, 15) is 0 Å². The molecule has 0 aromatic heterocycles. The smallest absolute Gasteiger partial charge is 0.129 e. The van der Waals surface area contributed by atoms with Crippen LogP contribution in [0, 0.1) is 11.5 Å². The van der Waals surface area contributed by atoms with Crippen LogP contribution in [0.2, 0.25) is 19.6 Å². The number of hydrogen-bond acceptors (Lipinski definition) is 0. The third-order valence-corrected chi connectivity index (χ3v) is 3.08. The highest BCUT2D eigenvalue weighted by atomic mass is 28.3. The van der Waals surface area contributed by atoms with E-state index >= 15 is 0 Å². The third-order valence-electron chi connectivity index (χ3n) is 2.16. The fourth-order valence-electron chi connectivity index (χ4n) is 1.24. The average molecular weight is 222 g/mol. The zero-order valence-electron chi connectivity index (χ0n) is 11.1. The molecule has 0 aliphatic heterocycles. The summed E-state index contributed by atoms with van der Waals surface area (Å²) in [4.78, 5) is 0. The van der Waals surface area contributed by atoms with E-state index in [1.165, 1.54) is 24.8 Å². The molecule has 0 nitrogen and oxygen atoms in total. The van der Waals surface area contributed by atoms with Gasteiger partial charge >= 0.3 is 0 Å². The molecular weight excluding hydrogens is 196 g/mol. The summed E-state index contributed by atoms with van der Waals surface area (Å²) in [5.41, 5.74) is 4.91. The Bertz CT molecular complexity index is 245. The number of rotatable bonds is 5. The van der Waals surface area contributed by atoms with Gasteiger partial charge in [0.1, 0.15) is 8.07 Å². The second-order valence-corrected chi connectivity index (χ2v) is 9.99. The molecule has 0 aliphatic carbocycles. The van der Waals surface area contributed by atoms with Crippen LogP contribution < -0.4 is 0 Å². The Balaban J connectivity index is 3.75. The number of hydrogen-bond donors (Lipinski definition) is 0. The van der Waals surface area contributed by atoms with Crippen LogP contribution >= 0.6 is 0 Å². The highest BCUT2D eigenvalue weighted by molar-refractivity contribution is 6.83. The van der Waals surface area contributed by atoms with Crippen molar-refractivity contribution in [2.45, 2.75) is 65.6 Å². The summed E-state index contributed by atoms with van der Waals surface area (Å²) in [6.45, 7) is 11.4. The second-order valence-electron chi connectivity index (χ2n) is 5.24.